The summed E-state index contributed by atoms with van der Waals surface area (Å²) < 4.78 is 1.07. The Morgan fingerprint density at radius 3 is 2.93 bits per heavy atom. The third-order valence-corrected chi connectivity index (χ3v) is 2.63. The molecule has 0 saturated carbocycles. The zero-order valence-electron chi connectivity index (χ0n) is 7.76. The minimum atomic E-state index is -0.0187. The maximum absolute atomic E-state index is 11.6. The smallest absolute Gasteiger partial charge is 0.251 e. The highest BCUT2D eigenvalue weighted by molar-refractivity contribution is 14.1. The van der Waals surface area contributed by atoms with Crippen molar-refractivity contribution in [2.24, 2.45) is 0 Å². The summed E-state index contributed by atoms with van der Waals surface area (Å²) in [5, 5.41) is 2.84. The molecular formula is C10H11BrINO. The number of carbonyl (C=O) groups is 1. The molecule has 1 aromatic rings. The minimum absolute atomic E-state index is 0.0187. The van der Waals surface area contributed by atoms with Crippen molar-refractivity contribution in [3.05, 3.63) is 33.4 Å². The van der Waals surface area contributed by atoms with E-state index in [1.807, 2.05) is 31.2 Å². The van der Waals surface area contributed by atoms with E-state index in [4.69, 9.17) is 0 Å². The Hall–Kier alpha value is -0.100. The molecule has 0 heterocycles. The molecule has 1 unspecified atom stereocenters. The molecule has 2 nitrogen and oxygen atoms in total. The highest BCUT2D eigenvalue weighted by Gasteiger charge is 2.05. The number of benzene rings is 1. The van der Waals surface area contributed by atoms with Gasteiger partial charge in [-0.05, 0) is 40.8 Å². The predicted octanol–water partition coefficient (Wildman–Crippen LogP) is 2.80. The van der Waals surface area contributed by atoms with Crippen molar-refractivity contribution < 1.29 is 4.79 Å². The molecule has 14 heavy (non-hydrogen) atoms. The zero-order chi connectivity index (χ0) is 10.6. The van der Waals surface area contributed by atoms with Gasteiger partial charge in [-0.2, -0.15) is 0 Å². The van der Waals surface area contributed by atoms with Crippen LogP contribution in [0, 0.1) is 3.57 Å². The van der Waals surface area contributed by atoms with E-state index >= 15 is 0 Å². The van der Waals surface area contributed by atoms with Gasteiger partial charge in [0.15, 0.2) is 0 Å². The molecule has 1 atom stereocenters. The number of hydrogen-bond donors (Lipinski definition) is 1. The van der Waals surface area contributed by atoms with Gasteiger partial charge in [0.25, 0.3) is 5.91 Å². The molecule has 0 radical (unpaired) electrons. The van der Waals surface area contributed by atoms with Gasteiger partial charge < -0.3 is 5.32 Å². The van der Waals surface area contributed by atoms with Crippen molar-refractivity contribution in [1.29, 1.82) is 0 Å². The summed E-state index contributed by atoms with van der Waals surface area (Å²) in [7, 11) is 0. The third kappa shape index (κ3) is 3.96. The van der Waals surface area contributed by atoms with Crippen LogP contribution in [-0.2, 0) is 0 Å². The van der Waals surface area contributed by atoms with Crippen molar-refractivity contribution in [2.75, 3.05) is 6.54 Å². The fraction of sp³-hybridized carbons (Fsp3) is 0.300. The summed E-state index contributed by atoms with van der Waals surface area (Å²) in [5.41, 5.74) is 0.713. The number of alkyl halides is 1. The molecule has 76 valence electrons. The van der Waals surface area contributed by atoms with Gasteiger partial charge in [-0.15, -0.1) is 0 Å². The standard InChI is InChI=1S/C10H11BrINO/c1-7(11)6-13-10(14)8-3-2-4-9(12)5-8/h2-5,7H,6H2,1H3,(H,13,14). The van der Waals surface area contributed by atoms with Gasteiger partial charge in [-0.1, -0.05) is 28.9 Å². The van der Waals surface area contributed by atoms with Crippen LogP contribution >= 0.6 is 38.5 Å². The van der Waals surface area contributed by atoms with Gasteiger partial charge in [0.1, 0.15) is 0 Å². The molecule has 0 aromatic heterocycles. The maximum atomic E-state index is 11.6. The Balaban J connectivity index is 2.61. The summed E-state index contributed by atoms with van der Waals surface area (Å²) >= 11 is 5.56. The number of nitrogens with one attached hydrogen (secondary N) is 1. The SMILES string of the molecule is CC(Br)CNC(=O)c1cccc(I)c1. The van der Waals surface area contributed by atoms with Crippen LogP contribution in [0.2, 0.25) is 0 Å². The second-order valence-electron chi connectivity index (χ2n) is 3.00. The van der Waals surface area contributed by atoms with Crippen LogP contribution < -0.4 is 5.32 Å². The number of halogens is 2. The second-order valence-corrected chi connectivity index (χ2v) is 5.81. The molecule has 0 bridgehead atoms. The van der Waals surface area contributed by atoms with Crippen LogP contribution in [-0.4, -0.2) is 17.3 Å². The van der Waals surface area contributed by atoms with Crippen LogP contribution in [0.3, 0.4) is 0 Å². The first kappa shape index (κ1) is 12.0. The summed E-state index contributed by atoms with van der Waals surface area (Å²) in [4.78, 5) is 11.9. The lowest BCUT2D eigenvalue weighted by atomic mass is 10.2. The van der Waals surface area contributed by atoms with E-state index in [9.17, 15) is 4.79 Å². The minimum Gasteiger partial charge on any atom is -0.351 e. The predicted molar refractivity (Wildman–Crippen MR) is 69.9 cm³/mol. The molecule has 4 heteroatoms. The number of amides is 1. The van der Waals surface area contributed by atoms with E-state index in [2.05, 4.69) is 43.8 Å². The molecule has 1 aromatic carbocycles. The average Bonchev–Trinajstić information content (AvgIpc) is 2.14. The second kappa shape index (κ2) is 5.70. The monoisotopic (exact) mass is 367 g/mol. The molecule has 1 N–H and O–H groups in total. The Kier molecular flexibility index (Phi) is 4.88. The molecule has 0 spiro atoms. The third-order valence-electron chi connectivity index (χ3n) is 1.63. The van der Waals surface area contributed by atoms with Crippen molar-refractivity contribution in [2.45, 2.75) is 11.8 Å². The lowest BCUT2D eigenvalue weighted by Crippen LogP contribution is -2.28. The normalized spacial score (nSPS) is 12.2. The maximum Gasteiger partial charge on any atom is 0.251 e. The zero-order valence-corrected chi connectivity index (χ0v) is 11.5. The quantitative estimate of drug-likeness (QED) is 0.646. The van der Waals surface area contributed by atoms with E-state index in [0.29, 0.717) is 16.9 Å². The van der Waals surface area contributed by atoms with E-state index in [1.165, 1.54) is 0 Å². The first-order valence-electron chi connectivity index (χ1n) is 4.27. The molecular weight excluding hydrogens is 357 g/mol. The number of hydrogen-bond acceptors (Lipinski definition) is 1. The summed E-state index contributed by atoms with van der Waals surface area (Å²) in [6.45, 7) is 2.64. The molecule has 0 aliphatic rings. The lowest BCUT2D eigenvalue weighted by molar-refractivity contribution is 0.0954. The highest BCUT2D eigenvalue weighted by Crippen LogP contribution is 2.07. The first-order valence-corrected chi connectivity index (χ1v) is 6.27. The highest BCUT2D eigenvalue weighted by atomic mass is 127. The summed E-state index contributed by atoms with van der Waals surface area (Å²) in [5.74, 6) is -0.0187. The molecule has 0 fully saturated rings. The molecule has 1 rings (SSSR count). The van der Waals surface area contributed by atoms with E-state index < -0.39 is 0 Å². The van der Waals surface area contributed by atoms with Crippen LogP contribution in [0.5, 0.6) is 0 Å². The lowest BCUT2D eigenvalue weighted by Gasteiger charge is -2.06. The Labute approximate surface area is 106 Å². The van der Waals surface area contributed by atoms with Crippen LogP contribution in [0.25, 0.3) is 0 Å². The van der Waals surface area contributed by atoms with E-state index in [-0.39, 0.29) is 5.91 Å². The Morgan fingerprint density at radius 2 is 2.36 bits per heavy atom. The summed E-state index contributed by atoms with van der Waals surface area (Å²) in [6.07, 6.45) is 0. The molecule has 1 amide bonds. The van der Waals surface area contributed by atoms with E-state index in [0.717, 1.165) is 3.57 Å². The van der Waals surface area contributed by atoms with Gasteiger partial charge in [-0.25, -0.2) is 0 Å². The summed E-state index contributed by atoms with van der Waals surface area (Å²) in [6, 6.07) is 7.53. The average molecular weight is 368 g/mol. The van der Waals surface area contributed by atoms with Gasteiger partial charge in [-0.3, -0.25) is 4.79 Å². The topological polar surface area (TPSA) is 29.1 Å². The Morgan fingerprint density at radius 1 is 1.64 bits per heavy atom. The van der Waals surface area contributed by atoms with Gasteiger partial charge in [0.05, 0.1) is 0 Å². The van der Waals surface area contributed by atoms with Crippen LogP contribution in [0.4, 0.5) is 0 Å². The Bertz CT molecular complexity index is 328. The van der Waals surface area contributed by atoms with Gasteiger partial charge >= 0.3 is 0 Å². The molecule has 0 saturated heterocycles. The number of rotatable bonds is 3. The van der Waals surface area contributed by atoms with Crippen LogP contribution in [0.1, 0.15) is 17.3 Å². The van der Waals surface area contributed by atoms with Crippen molar-refractivity contribution in [3.63, 3.8) is 0 Å². The largest absolute Gasteiger partial charge is 0.351 e. The fourth-order valence-electron chi connectivity index (χ4n) is 0.965. The van der Waals surface area contributed by atoms with E-state index in [1.54, 1.807) is 0 Å². The molecule has 0 aliphatic carbocycles. The molecule has 0 aliphatic heterocycles. The van der Waals surface area contributed by atoms with Crippen LogP contribution in [0.15, 0.2) is 24.3 Å². The van der Waals surface area contributed by atoms with Gasteiger partial charge in [0, 0.05) is 20.5 Å². The first-order chi connectivity index (χ1) is 6.59. The van der Waals surface area contributed by atoms with Crippen molar-refractivity contribution in [1.82, 2.24) is 5.32 Å². The van der Waals surface area contributed by atoms with Gasteiger partial charge in [0.2, 0.25) is 0 Å². The van der Waals surface area contributed by atoms with Crippen molar-refractivity contribution >= 4 is 44.4 Å². The van der Waals surface area contributed by atoms with Crippen molar-refractivity contribution in [3.8, 4) is 0 Å². The fourth-order valence-corrected chi connectivity index (χ4v) is 1.67. The number of carbonyl (C=O) groups excluding carboxylic acids is 1.